The summed E-state index contributed by atoms with van der Waals surface area (Å²) < 4.78 is 0. The van der Waals surface area contributed by atoms with Crippen molar-refractivity contribution < 1.29 is 9.90 Å². The van der Waals surface area contributed by atoms with Gasteiger partial charge in [-0.05, 0) is 70.5 Å². The Balaban J connectivity index is 1.66. The van der Waals surface area contributed by atoms with Crippen LogP contribution in [0.3, 0.4) is 0 Å². The van der Waals surface area contributed by atoms with Crippen molar-refractivity contribution in [2.24, 2.45) is 11.3 Å². The normalized spacial score (nSPS) is 38.9. The minimum absolute atomic E-state index is 0.472. The quantitative estimate of drug-likeness (QED) is 0.868. The van der Waals surface area contributed by atoms with Crippen molar-refractivity contribution in [1.29, 1.82) is 0 Å². The van der Waals surface area contributed by atoms with Crippen LogP contribution in [0.2, 0.25) is 0 Å². The molecule has 1 N–H and O–H groups in total. The van der Waals surface area contributed by atoms with Crippen molar-refractivity contribution in [2.75, 3.05) is 32.7 Å². The fourth-order valence-electron chi connectivity index (χ4n) is 4.61. The lowest BCUT2D eigenvalue weighted by Crippen LogP contribution is -2.47. The lowest BCUT2D eigenvalue weighted by molar-refractivity contribution is -0.153. The molecular formula is C17H30N2O2. The van der Waals surface area contributed by atoms with Crippen molar-refractivity contribution in [3.05, 3.63) is 0 Å². The maximum absolute atomic E-state index is 11.9. The molecule has 3 rings (SSSR count). The van der Waals surface area contributed by atoms with E-state index in [9.17, 15) is 9.90 Å². The van der Waals surface area contributed by atoms with Gasteiger partial charge in [0.25, 0.3) is 0 Å². The molecule has 0 aromatic carbocycles. The highest BCUT2D eigenvalue weighted by Crippen LogP contribution is 2.40. The van der Waals surface area contributed by atoms with Crippen LogP contribution in [-0.2, 0) is 4.79 Å². The fourth-order valence-corrected chi connectivity index (χ4v) is 4.61. The zero-order valence-electron chi connectivity index (χ0n) is 13.4. The monoisotopic (exact) mass is 294 g/mol. The second-order valence-corrected chi connectivity index (χ2v) is 7.69. The SMILES string of the molecule is CC1CCC(CN2CCCN3CCCC3C2)(C(=O)O)CC1. The van der Waals surface area contributed by atoms with Crippen LogP contribution in [0.15, 0.2) is 0 Å². The van der Waals surface area contributed by atoms with Gasteiger partial charge in [-0.2, -0.15) is 0 Å². The van der Waals surface area contributed by atoms with Crippen LogP contribution in [0.1, 0.15) is 51.9 Å². The predicted molar refractivity (Wildman–Crippen MR) is 83.4 cm³/mol. The third kappa shape index (κ3) is 3.26. The topological polar surface area (TPSA) is 43.8 Å². The first-order chi connectivity index (χ1) is 10.1. The molecule has 2 aliphatic heterocycles. The van der Waals surface area contributed by atoms with Gasteiger partial charge in [-0.3, -0.25) is 9.69 Å². The summed E-state index contributed by atoms with van der Waals surface area (Å²) in [6.45, 7) is 7.66. The van der Waals surface area contributed by atoms with Gasteiger partial charge in [-0.25, -0.2) is 0 Å². The van der Waals surface area contributed by atoms with Crippen molar-refractivity contribution >= 4 is 5.97 Å². The molecule has 2 saturated heterocycles. The molecule has 3 aliphatic rings. The van der Waals surface area contributed by atoms with Gasteiger partial charge < -0.3 is 10.0 Å². The van der Waals surface area contributed by atoms with E-state index in [4.69, 9.17) is 0 Å². The van der Waals surface area contributed by atoms with Gasteiger partial charge >= 0.3 is 5.97 Å². The van der Waals surface area contributed by atoms with Crippen LogP contribution in [0, 0.1) is 11.3 Å². The third-order valence-corrected chi connectivity index (χ3v) is 6.10. The number of carboxylic acids is 1. The van der Waals surface area contributed by atoms with Gasteiger partial charge in [0.2, 0.25) is 0 Å². The Labute approximate surface area is 128 Å². The zero-order valence-corrected chi connectivity index (χ0v) is 13.4. The molecule has 21 heavy (non-hydrogen) atoms. The highest BCUT2D eigenvalue weighted by atomic mass is 16.4. The van der Waals surface area contributed by atoms with E-state index in [-0.39, 0.29) is 0 Å². The van der Waals surface area contributed by atoms with Crippen LogP contribution in [0.25, 0.3) is 0 Å². The Bertz CT molecular complexity index is 377. The van der Waals surface area contributed by atoms with E-state index in [1.54, 1.807) is 0 Å². The van der Waals surface area contributed by atoms with Crippen molar-refractivity contribution in [1.82, 2.24) is 9.80 Å². The minimum atomic E-state index is -0.554. The molecule has 0 radical (unpaired) electrons. The summed E-state index contributed by atoms with van der Waals surface area (Å²) >= 11 is 0. The lowest BCUT2D eigenvalue weighted by atomic mass is 9.70. The molecule has 4 nitrogen and oxygen atoms in total. The first kappa shape index (κ1) is 15.3. The van der Waals surface area contributed by atoms with Crippen molar-refractivity contribution in [2.45, 2.75) is 57.9 Å². The maximum Gasteiger partial charge on any atom is 0.310 e. The average molecular weight is 294 g/mol. The Morgan fingerprint density at radius 1 is 1.14 bits per heavy atom. The molecule has 1 unspecified atom stereocenters. The highest BCUT2D eigenvalue weighted by molar-refractivity contribution is 5.75. The summed E-state index contributed by atoms with van der Waals surface area (Å²) in [6, 6.07) is 0.681. The van der Waals surface area contributed by atoms with Crippen LogP contribution in [-0.4, -0.2) is 59.6 Å². The van der Waals surface area contributed by atoms with Gasteiger partial charge in [-0.1, -0.05) is 6.92 Å². The van der Waals surface area contributed by atoms with Crippen molar-refractivity contribution in [3.63, 3.8) is 0 Å². The van der Waals surface area contributed by atoms with E-state index in [0.29, 0.717) is 12.0 Å². The van der Waals surface area contributed by atoms with Crippen molar-refractivity contribution in [3.8, 4) is 0 Å². The molecule has 0 bridgehead atoms. The molecule has 3 fully saturated rings. The molecule has 2 heterocycles. The van der Waals surface area contributed by atoms with Gasteiger partial charge in [-0.15, -0.1) is 0 Å². The number of carboxylic acid groups (broad SMARTS) is 1. The van der Waals surface area contributed by atoms with E-state index in [1.807, 2.05) is 0 Å². The van der Waals surface area contributed by atoms with Crippen LogP contribution >= 0.6 is 0 Å². The first-order valence-electron chi connectivity index (χ1n) is 8.79. The Hall–Kier alpha value is -0.610. The molecule has 0 aromatic heterocycles. The second-order valence-electron chi connectivity index (χ2n) is 7.69. The average Bonchev–Trinajstić information content (AvgIpc) is 2.80. The molecule has 0 aromatic rings. The van der Waals surface area contributed by atoms with Gasteiger partial charge in [0.15, 0.2) is 0 Å². The van der Waals surface area contributed by atoms with E-state index in [1.165, 1.54) is 32.4 Å². The minimum Gasteiger partial charge on any atom is -0.481 e. The highest BCUT2D eigenvalue weighted by Gasteiger charge is 2.43. The summed E-state index contributed by atoms with van der Waals surface area (Å²) in [4.78, 5) is 17.0. The van der Waals surface area contributed by atoms with Crippen LogP contribution in [0.4, 0.5) is 0 Å². The lowest BCUT2D eigenvalue weighted by Gasteiger charge is -2.40. The number of rotatable bonds is 3. The molecule has 120 valence electrons. The summed E-state index contributed by atoms with van der Waals surface area (Å²) in [6.07, 6.45) is 7.71. The molecule has 0 spiro atoms. The fraction of sp³-hybridized carbons (Fsp3) is 0.941. The molecule has 4 heteroatoms. The summed E-state index contributed by atoms with van der Waals surface area (Å²) in [5, 5.41) is 9.83. The van der Waals surface area contributed by atoms with E-state index in [0.717, 1.165) is 45.3 Å². The summed E-state index contributed by atoms with van der Waals surface area (Å²) in [5.74, 6) is 0.147. The number of carbonyl (C=O) groups is 1. The number of hydrogen-bond acceptors (Lipinski definition) is 3. The van der Waals surface area contributed by atoms with Gasteiger partial charge in [0.05, 0.1) is 5.41 Å². The third-order valence-electron chi connectivity index (χ3n) is 6.10. The van der Waals surface area contributed by atoms with E-state index in [2.05, 4.69) is 16.7 Å². The number of hydrogen-bond donors (Lipinski definition) is 1. The summed E-state index contributed by atoms with van der Waals surface area (Å²) in [5.41, 5.74) is -0.472. The smallest absolute Gasteiger partial charge is 0.310 e. The van der Waals surface area contributed by atoms with E-state index >= 15 is 0 Å². The van der Waals surface area contributed by atoms with Crippen LogP contribution < -0.4 is 0 Å². The molecule has 1 atom stereocenters. The predicted octanol–water partition coefficient (Wildman–Crippen LogP) is 2.44. The number of fused-ring (bicyclic) bond motifs is 1. The maximum atomic E-state index is 11.9. The Morgan fingerprint density at radius 2 is 1.86 bits per heavy atom. The standard InChI is InChI=1S/C17H30N2O2/c1-14-5-7-17(8-6-14,16(20)21)13-18-9-3-11-19-10-2-4-15(19)12-18/h14-15H,2-13H2,1H3,(H,20,21). The molecule has 1 saturated carbocycles. The Morgan fingerprint density at radius 3 is 2.57 bits per heavy atom. The Kier molecular flexibility index (Phi) is 4.55. The zero-order chi connectivity index (χ0) is 14.9. The molecule has 0 amide bonds. The van der Waals surface area contributed by atoms with Gasteiger partial charge in [0.1, 0.15) is 0 Å². The number of nitrogens with zero attached hydrogens (tertiary/aromatic N) is 2. The molecule has 1 aliphatic carbocycles. The van der Waals surface area contributed by atoms with Crippen LogP contribution in [0.5, 0.6) is 0 Å². The number of aliphatic carboxylic acids is 1. The van der Waals surface area contributed by atoms with E-state index < -0.39 is 11.4 Å². The first-order valence-corrected chi connectivity index (χ1v) is 8.79. The molecular weight excluding hydrogens is 264 g/mol. The van der Waals surface area contributed by atoms with Gasteiger partial charge in [0, 0.05) is 19.1 Å². The largest absolute Gasteiger partial charge is 0.481 e. The summed E-state index contributed by atoms with van der Waals surface area (Å²) in [7, 11) is 0. The second kappa shape index (κ2) is 6.25.